The van der Waals surface area contributed by atoms with Crippen LogP contribution in [0.3, 0.4) is 0 Å². The molecule has 2 aromatic carbocycles. The summed E-state index contributed by atoms with van der Waals surface area (Å²) in [7, 11) is 1.39. The Kier molecular flexibility index (Phi) is 4.20. The summed E-state index contributed by atoms with van der Waals surface area (Å²) in [5.41, 5.74) is 5.12. The summed E-state index contributed by atoms with van der Waals surface area (Å²) >= 11 is 0. The monoisotopic (exact) mass is 303 g/mol. The number of rotatable bonds is 3. The molecule has 0 bridgehead atoms. The lowest BCUT2D eigenvalue weighted by molar-refractivity contribution is 0.0600. The number of benzene rings is 2. The molecule has 23 heavy (non-hydrogen) atoms. The number of methoxy groups -OCH3 is 1. The van der Waals surface area contributed by atoms with Crippen LogP contribution in [-0.4, -0.2) is 18.1 Å². The first-order chi connectivity index (χ1) is 11.2. The lowest BCUT2D eigenvalue weighted by Crippen LogP contribution is -2.03. The van der Waals surface area contributed by atoms with Crippen molar-refractivity contribution in [1.29, 1.82) is 0 Å². The van der Waals surface area contributed by atoms with E-state index >= 15 is 0 Å². The number of hydrogen-bond donors (Lipinski definition) is 0. The van der Waals surface area contributed by atoms with E-state index in [1.807, 2.05) is 61.5 Å². The van der Waals surface area contributed by atoms with Crippen LogP contribution in [0.2, 0.25) is 0 Å². The summed E-state index contributed by atoms with van der Waals surface area (Å²) in [6.07, 6.45) is 0. The van der Waals surface area contributed by atoms with Crippen molar-refractivity contribution in [2.24, 2.45) is 0 Å². The largest absolute Gasteiger partial charge is 0.465 e. The van der Waals surface area contributed by atoms with Gasteiger partial charge in [-0.05, 0) is 19.1 Å². The van der Waals surface area contributed by atoms with E-state index in [2.05, 4.69) is 0 Å². The number of carbonyl (C=O) groups excluding carboxylic acids is 1. The van der Waals surface area contributed by atoms with Crippen molar-refractivity contribution in [1.82, 2.24) is 4.98 Å². The number of pyridine rings is 1. The molecule has 114 valence electrons. The van der Waals surface area contributed by atoms with Gasteiger partial charge in [0.25, 0.3) is 0 Å². The molecule has 0 N–H and O–H groups in total. The van der Waals surface area contributed by atoms with E-state index in [0.29, 0.717) is 5.56 Å². The van der Waals surface area contributed by atoms with Gasteiger partial charge in [0.05, 0.1) is 24.1 Å². The molecule has 0 spiro atoms. The summed E-state index contributed by atoms with van der Waals surface area (Å²) < 4.78 is 4.87. The zero-order valence-corrected chi connectivity index (χ0v) is 13.1. The van der Waals surface area contributed by atoms with Crippen LogP contribution in [0.25, 0.3) is 22.5 Å². The first-order valence-electron chi connectivity index (χ1n) is 7.40. The van der Waals surface area contributed by atoms with Crippen molar-refractivity contribution in [3.05, 3.63) is 77.9 Å². The molecule has 0 aliphatic heterocycles. The fourth-order valence-corrected chi connectivity index (χ4v) is 2.40. The number of ether oxygens (including phenoxy) is 1. The van der Waals surface area contributed by atoms with Gasteiger partial charge in [-0.2, -0.15) is 0 Å². The molecule has 0 atom stereocenters. The first-order valence-corrected chi connectivity index (χ1v) is 7.40. The molecular formula is C20H17NO2. The molecule has 1 aromatic heterocycles. The average molecular weight is 303 g/mol. The minimum Gasteiger partial charge on any atom is -0.465 e. The van der Waals surface area contributed by atoms with Crippen LogP contribution < -0.4 is 0 Å². The molecular weight excluding hydrogens is 286 g/mol. The minimum atomic E-state index is -0.363. The van der Waals surface area contributed by atoms with Gasteiger partial charge in [-0.25, -0.2) is 9.78 Å². The quantitative estimate of drug-likeness (QED) is 0.668. The lowest BCUT2D eigenvalue weighted by Gasteiger charge is -2.09. The number of nitrogens with zero attached hydrogens (tertiary/aromatic N) is 1. The Labute approximate surface area is 135 Å². The van der Waals surface area contributed by atoms with Crippen molar-refractivity contribution in [2.45, 2.75) is 6.92 Å². The molecule has 0 saturated heterocycles. The number of carbonyl (C=O) groups is 1. The average Bonchev–Trinajstić information content (AvgIpc) is 2.62. The summed E-state index contributed by atoms with van der Waals surface area (Å²) in [6.45, 7) is 2.04. The molecule has 3 nitrogen and oxygen atoms in total. The number of aryl methyl sites for hydroxylation is 1. The van der Waals surface area contributed by atoms with Crippen LogP contribution in [0.4, 0.5) is 0 Å². The standard InChI is InChI=1S/C20H17NO2/c1-14-8-10-16(11-9-14)19-13-17(20(22)23-2)12-18(21-19)15-6-4-3-5-7-15/h3-13H,1-2H3. The van der Waals surface area contributed by atoms with Crippen LogP contribution in [0.1, 0.15) is 15.9 Å². The number of hydrogen-bond acceptors (Lipinski definition) is 3. The minimum absolute atomic E-state index is 0.363. The van der Waals surface area contributed by atoms with Crippen molar-refractivity contribution < 1.29 is 9.53 Å². The smallest absolute Gasteiger partial charge is 0.338 e. The van der Waals surface area contributed by atoms with Crippen LogP contribution in [0.15, 0.2) is 66.7 Å². The SMILES string of the molecule is COC(=O)c1cc(-c2ccccc2)nc(-c2ccc(C)cc2)c1. The predicted molar refractivity (Wildman–Crippen MR) is 91.2 cm³/mol. The van der Waals surface area contributed by atoms with Gasteiger partial charge in [-0.15, -0.1) is 0 Å². The Hall–Kier alpha value is -2.94. The molecule has 0 radical (unpaired) electrons. The topological polar surface area (TPSA) is 39.2 Å². The number of esters is 1. The van der Waals surface area contributed by atoms with Crippen LogP contribution >= 0.6 is 0 Å². The zero-order valence-electron chi connectivity index (χ0n) is 13.1. The van der Waals surface area contributed by atoms with Gasteiger partial charge in [0.2, 0.25) is 0 Å². The predicted octanol–water partition coefficient (Wildman–Crippen LogP) is 4.51. The highest BCUT2D eigenvalue weighted by atomic mass is 16.5. The Morgan fingerprint density at radius 3 is 2.00 bits per heavy atom. The van der Waals surface area contributed by atoms with E-state index in [-0.39, 0.29) is 5.97 Å². The summed E-state index contributed by atoms with van der Waals surface area (Å²) in [5.74, 6) is -0.363. The summed E-state index contributed by atoms with van der Waals surface area (Å²) in [5, 5.41) is 0. The van der Waals surface area contributed by atoms with Gasteiger partial charge < -0.3 is 4.74 Å². The van der Waals surface area contributed by atoms with Crippen molar-refractivity contribution >= 4 is 5.97 Å². The maximum absolute atomic E-state index is 12.0. The summed E-state index contributed by atoms with van der Waals surface area (Å²) in [6, 6.07) is 21.4. The third-order valence-corrected chi connectivity index (χ3v) is 3.66. The maximum Gasteiger partial charge on any atom is 0.338 e. The van der Waals surface area contributed by atoms with E-state index in [1.54, 1.807) is 12.1 Å². The Bertz CT molecular complexity index is 824. The van der Waals surface area contributed by atoms with Gasteiger partial charge in [-0.3, -0.25) is 0 Å². The molecule has 0 fully saturated rings. The molecule has 0 aliphatic rings. The Morgan fingerprint density at radius 1 is 0.870 bits per heavy atom. The molecule has 3 heteroatoms. The molecule has 0 unspecified atom stereocenters. The Morgan fingerprint density at radius 2 is 1.43 bits per heavy atom. The molecule has 3 rings (SSSR count). The van der Waals surface area contributed by atoms with Crippen molar-refractivity contribution in [3.63, 3.8) is 0 Å². The fourth-order valence-electron chi connectivity index (χ4n) is 2.40. The second-order valence-corrected chi connectivity index (χ2v) is 5.35. The first kappa shape index (κ1) is 15.0. The van der Waals surface area contributed by atoms with Gasteiger partial charge in [0.1, 0.15) is 0 Å². The highest BCUT2D eigenvalue weighted by molar-refractivity contribution is 5.92. The molecule has 0 amide bonds. The molecule has 0 saturated carbocycles. The van der Waals surface area contributed by atoms with Gasteiger partial charge in [-0.1, -0.05) is 60.2 Å². The third-order valence-electron chi connectivity index (χ3n) is 3.66. The maximum atomic E-state index is 12.0. The van der Waals surface area contributed by atoms with Crippen LogP contribution in [0, 0.1) is 6.92 Å². The fraction of sp³-hybridized carbons (Fsp3) is 0.100. The van der Waals surface area contributed by atoms with Gasteiger partial charge in [0.15, 0.2) is 0 Å². The Balaban J connectivity index is 2.15. The highest BCUT2D eigenvalue weighted by Gasteiger charge is 2.12. The highest BCUT2D eigenvalue weighted by Crippen LogP contribution is 2.25. The second-order valence-electron chi connectivity index (χ2n) is 5.35. The molecule has 1 heterocycles. The molecule has 3 aromatic rings. The van der Waals surface area contributed by atoms with E-state index in [1.165, 1.54) is 12.7 Å². The normalized spacial score (nSPS) is 10.3. The van der Waals surface area contributed by atoms with E-state index in [9.17, 15) is 4.79 Å². The molecule has 0 aliphatic carbocycles. The van der Waals surface area contributed by atoms with Crippen molar-refractivity contribution in [2.75, 3.05) is 7.11 Å². The van der Waals surface area contributed by atoms with Crippen molar-refractivity contribution in [3.8, 4) is 22.5 Å². The van der Waals surface area contributed by atoms with Gasteiger partial charge in [0, 0.05) is 11.1 Å². The van der Waals surface area contributed by atoms with E-state index in [0.717, 1.165) is 22.5 Å². The third kappa shape index (κ3) is 3.29. The number of aromatic nitrogens is 1. The van der Waals surface area contributed by atoms with E-state index in [4.69, 9.17) is 9.72 Å². The summed E-state index contributed by atoms with van der Waals surface area (Å²) in [4.78, 5) is 16.7. The van der Waals surface area contributed by atoms with Gasteiger partial charge >= 0.3 is 5.97 Å². The second kappa shape index (κ2) is 6.44. The lowest BCUT2D eigenvalue weighted by atomic mass is 10.0. The zero-order chi connectivity index (χ0) is 16.2. The van der Waals surface area contributed by atoms with E-state index < -0.39 is 0 Å². The van der Waals surface area contributed by atoms with Crippen LogP contribution in [0.5, 0.6) is 0 Å². The van der Waals surface area contributed by atoms with Crippen LogP contribution in [-0.2, 0) is 4.74 Å².